The standard InChI is InChI=1S/C15H25N5O/c16-15(21)10-20-9-11(8-18-20)19-14-6-3-4-12(14)13-5-1-2-7-17-13/h8-9,12-14,17,19H,1-7,10H2,(H2,16,21). The Labute approximate surface area is 125 Å². The molecular weight excluding hydrogens is 266 g/mol. The van der Waals surface area contributed by atoms with E-state index in [4.69, 9.17) is 5.73 Å². The van der Waals surface area contributed by atoms with Crippen LogP contribution in [0.3, 0.4) is 0 Å². The summed E-state index contributed by atoms with van der Waals surface area (Å²) in [7, 11) is 0. The number of nitrogens with one attached hydrogen (secondary N) is 2. The normalized spacial score (nSPS) is 29.4. The first-order chi connectivity index (χ1) is 10.2. The highest BCUT2D eigenvalue weighted by Crippen LogP contribution is 2.33. The third kappa shape index (κ3) is 3.56. The maximum atomic E-state index is 10.9. The van der Waals surface area contributed by atoms with E-state index in [0.29, 0.717) is 18.0 Å². The molecule has 6 heteroatoms. The van der Waals surface area contributed by atoms with E-state index in [0.717, 1.165) is 12.2 Å². The molecule has 2 aliphatic rings. The fourth-order valence-electron chi connectivity index (χ4n) is 3.79. The Morgan fingerprint density at radius 3 is 3.05 bits per heavy atom. The zero-order chi connectivity index (χ0) is 14.7. The zero-order valence-corrected chi connectivity index (χ0v) is 12.4. The minimum atomic E-state index is -0.366. The molecule has 4 N–H and O–H groups in total. The van der Waals surface area contributed by atoms with Crippen LogP contribution in [0.5, 0.6) is 0 Å². The number of rotatable bonds is 5. The second kappa shape index (κ2) is 6.47. The maximum Gasteiger partial charge on any atom is 0.239 e. The molecule has 3 atom stereocenters. The van der Waals surface area contributed by atoms with Gasteiger partial charge in [0.1, 0.15) is 6.54 Å². The number of nitrogens with two attached hydrogens (primary N) is 1. The molecule has 1 aromatic rings. The molecule has 1 aliphatic carbocycles. The van der Waals surface area contributed by atoms with E-state index >= 15 is 0 Å². The van der Waals surface area contributed by atoms with Crippen molar-refractivity contribution in [2.75, 3.05) is 11.9 Å². The lowest BCUT2D eigenvalue weighted by atomic mass is 9.88. The first-order valence-corrected chi connectivity index (χ1v) is 8.03. The van der Waals surface area contributed by atoms with Crippen molar-refractivity contribution in [1.29, 1.82) is 0 Å². The smallest absolute Gasteiger partial charge is 0.239 e. The Hall–Kier alpha value is -1.56. The van der Waals surface area contributed by atoms with E-state index < -0.39 is 0 Å². The highest BCUT2D eigenvalue weighted by Gasteiger charge is 2.34. The third-order valence-electron chi connectivity index (χ3n) is 4.74. The molecule has 1 aromatic heterocycles. The number of anilines is 1. The van der Waals surface area contributed by atoms with Crippen LogP contribution in [0.4, 0.5) is 5.69 Å². The molecule has 2 heterocycles. The topological polar surface area (TPSA) is 85.0 Å². The Morgan fingerprint density at radius 2 is 2.29 bits per heavy atom. The molecule has 116 valence electrons. The van der Waals surface area contributed by atoms with Crippen molar-refractivity contribution in [2.45, 2.75) is 57.2 Å². The lowest BCUT2D eigenvalue weighted by Gasteiger charge is -2.33. The number of amides is 1. The van der Waals surface area contributed by atoms with Gasteiger partial charge in [0, 0.05) is 18.3 Å². The first-order valence-electron chi connectivity index (χ1n) is 8.03. The summed E-state index contributed by atoms with van der Waals surface area (Å²) in [6.45, 7) is 1.30. The Morgan fingerprint density at radius 1 is 1.38 bits per heavy atom. The average molecular weight is 291 g/mol. The molecule has 0 bridgehead atoms. The van der Waals surface area contributed by atoms with Crippen LogP contribution < -0.4 is 16.4 Å². The predicted octanol–water partition coefficient (Wildman–Crippen LogP) is 1.09. The molecule has 0 radical (unpaired) electrons. The summed E-state index contributed by atoms with van der Waals surface area (Å²) < 4.78 is 1.59. The summed E-state index contributed by atoms with van der Waals surface area (Å²) in [6.07, 6.45) is 11.4. The van der Waals surface area contributed by atoms with Gasteiger partial charge in [0.15, 0.2) is 0 Å². The van der Waals surface area contributed by atoms with Gasteiger partial charge in [-0.3, -0.25) is 9.48 Å². The van der Waals surface area contributed by atoms with E-state index in [1.54, 1.807) is 10.9 Å². The van der Waals surface area contributed by atoms with Crippen molar-refractivity contribution < 1.29 is 4.79 Å². The number of carbonyl (C=O) groups excluding carboxylic acids is 1. The zero-order valence-electron chi connectivity index (χ0n) is 12.4. The molecule has 21 heavy (non-hydrogen) atoms. The predicted molar refractivity (Wildman–Crippen MR) is 81.8 cm³/mol. The molecule has 3 unspecified atom stereocenters. The van der Waals surface area contributed by atoms with Crippen LogP contribution in [0.25, 0.3) is 0 Å². The van der Waals surface area contributed by atoms with Crippen molar-refractivity contribution in [1.82, 2.24) is 15.1 Å². The van der Waals surface area contributed by atoms with Gasteiger partial charge in [0.05, 0.1) is 11.9 Å². The number of aromatic nitrogens is 2. The number of primary amides is 1. The summed E-state index contributed by atoms with van der Waals surface area (Å²) in [5.74, 6) is 0.333. The summed E-state index contributed by atoms with van der Waals surface area (Å²) in [6, 6.07) is 1.16. The molecule has 3 rings (SSSR count). The molecule has 2 fully saturated rings. The van der Waals surface area contributed by atoms with E-state index in [9.17, 15) is 4.79 Å². The fourth-order valence-corrected chi connectivity index (χ4v) is 3.79. The number of nitrogens with zero attached hydrogens (tertiary/aromatic N) is 2. The van der Waals surface area contributed by atoms with Crippen LogP contribution in [0.2, 0.25) is 0 Å². The first kappa shape index (κ1) is 14.4. The third-order valence-corrected chi connectivity index (χ3v) is 4.74. The molecule has 0 aromatic carbocycles. The van der Waals surface area contributed by atoms with Crippen LogP contribution in [0, 0.1) is 5.92 Å². The van der Waals surface area contributed by atoms with Gasteiger partial charge >= 0.3 is 0 Å². The second-order valence-corrected chi connectivity index (χ2v) is 6.29. The molecule has 0 spiro atoms. The average Bonchev–Trinajstić information content (AvgIpc) is 3.09. The lowest BCUT2D eigenvalue weighted by molar-refractivity contribution is -0.118. The van der Waals surface area contributed by atoms with Crippen molar-refractivity contribution in [3.8, 4) is 0 Å². The number of hydrogen-bond acceptors (Lipinski definition) is 4. The molecule has 1 aliphatic heterocycles. The highest BCUT2D eigenvalue weighted by atomic mass is 16.1. The van der Waals surface area contributed by atoms with Gasteiger partial charge in [-0.2, -0.15) is 5.10 Å². The van der Waals surface area contributed by atoms with Crippen molar-refractivity contribution >= 4 is 11.6 Å². The van der Waals surface area contributed by atoms with Crippen molar-refractivity contribution in [3.63, 3.8) is 0 Å². The van der Waals surface area contributed by atoms with Gasteiger partial charge in [0.2, 0.25) is 5.91 Å². The number of piperidine rings is 1. The summed E-state index contributed by atoms with van der Waals surface area (Å²) in [5.41, 5.74) is 6.18. The fraction of sp³-hybridized carbons (Fsp3) is 0.733. The maximum absolute atomic E-state index is 10.9. The monoisotopic (exact) mass is 291 g/mol. The number of carbonyl (C=O) groups is 1. The summed E-state index contributed by atoms with van der Waals surface area (Å²) in [4.78, 5) is 10.9. The minimum Gasteiger partial charge on any atom is -0.379 e. The van der Waals surface area contributed by atoms with Crippen LogP contribution in [0.15, 0.2) is 12.4 Å². The highest BCUT2D eigenvalue weighted by molar-refractivity contribution is 5.73. The van der Waals surface area contributed by atoms with Gasteiger partial charge < -0.3 is 16.4 Å². The quantitative estimate of drug-likeness (QED) is 0.758. The second-order valence-electron chi connectivity index (χ2n) is 6.29. The largest absolute Gasteiger partial charge is 0.379 e. The molecular formula is C15H25N5O. The van der Waals surface area contributed by atoms with Crippen LogP contribution in [-0.2, 0) is 11.3 Å². The van der Waals surface area contributed by atoms with Gasteiger partial charge in [0.25, 0.3) is 0 Å². The van der Waals surface area contributed by atoms with Crippen LogP contribution in [0.1, 0.15) is 38.5 Å². The van der Waals surface area contributed by atoms with E-state index in [-0.39, 0.29) is 12.5 Å². The van der Waals surface area contributed by atoms with E-state index in [1.807, 2.05) is 6.20 Å². The Bertz CT molecular complexity index is 480. The van der Waals surface area contributed by atoms with Gasteiger partial charge in [-0.1, -0.05) is 12.8 Å². The van der Waals surface area contributed by atoms with Crippen LogP contribution in [-0.4, -0.2) is 34.3 Å². The minimum absolute atomic E-state index is 0.139. The van der Waals surface area contributed by atoms with Gasteiger partial charge in [-0.15, -0.1) is 0 Å². The van der Waals surface area contributed by atoms with Gasteiger partial charge in [-0.05, 0) is 38.1 Å². The molecule has 1 amide bonds. The molecule has 1 saturated heterocycles. The van der Waals surface area contributed by atoms with Crippen molar-refractivity contribution in [2.24, 2.45) is 11.7 Å². The molecule has 1 saturated carbocycles. The number of hydrogen-bond donors (Lipinski definition) is 3. The van der Waals surface area contributed by atoms with E-state index in [1.165, 1.54) is 38.5 Å². The Kier molecular flexibility index (Phi) is 4.43. The summed E-state index contributed by atoms with van der Waals surface area (Å²) in [5, 5.41) is 11.5. The lowest BCUT2D eigenvalue weighted by Crippen LogP contribution is -2.44. The Balaban J connectivity index is 1.60. The van der Waals surface area contributed by atoms with Gasteiger partial charge in [-0.25, -0.2) is 0 Å². The van der Waals surface area contributed by atoms with E-state index in [2.05, 4.69) is 15.7 Å². The van der Waals surface area contributed by atoms with Crippen LogP contribution >= 0.6 is 0 Å². The summed E-state index contributed by atoms with van der Waals surface area (Å²) >= 11 is 0. The SMILES string of the molecule is NC(=O)Cn1cc(NC2CCCC2C2CCCCN2)cn1. The molecule has 6 nitrogen and oxygen atoms in total. The van der Waals surface area contributed by atoms with Crippen molar-refractivity contribution in [3.05, 3.63) is 12.4 Å².